The lowest BCUT2D eigenvalue weighted by Crippen LogP contribution is -2.02. The number of aromatic nitrogens is 1. The molecule has 0 saturated carbocycles. The van der Waals surface area contributed by atoms with Crippen LogP contribution in [0.25, 0.3) is 11.0 Å². The van der Waals surface area contributed by atoms with Crippen molar-refractivity contribution in [3.8, 4) is 0 Å². The summed E-state index contributed by atoms with van der Waals surface area (Å²) >= 11 is 0. The van der Waals surface area contributed by atoms with E-state index in [1.165, 1.54) is 0 Å². The highest BCUT2D eigenvalue weighted by Crippen LogP contribution is 2.25. The Hall–Kier alpha value is -2.23. The first-order valence-electron chi connectivity index (χ1n) is 5.04. The molecule has 0 unspecified atom stereocenters. The molecule has 2 heterocycles. The van der Waals surface area contributed by atoms with Crippen molar-refractivity contribution in [2.45, 2.75) is 6.42 Å². The highest BCUT2D eigenvalue weighted by atomic mass is 16.5. The summed E-state index contributed by atoms with van der Waals surface area (Å²) in [5, 5.41) is 4.88. The highest BCUT2D eigenvalue weighted by Gasteiger charge is 2.09. The molecule has 3 rings (SSSR count). The molecule has 0 fully saturated rings. The van der Waals surface area contributed by atoms with E-state index in [1.807, 2.05) is 36.6 Å². The minimum atomic E-state index is 0.630. The molecule has 0 amide bonds. The molecule has 1 aliphatic rings. The van der Waals surface area contributed by atoms with Crippen molar-refractivity contribution in [2.75, 3.05) is 0 Å². The summed E-state index contributed by atoms with van der Waals surface area (Å²) in [6, 6.07) is 7.69. The molecule has 2 aromatic rings. The number of hydrogen-bond acceptors (Lipinski definition) is 4. The number of fused-ring (bicyclic) bond motifs is 1. The molecule has 4 heteroatoms. The summed E-state index contributed by atoms with van der Waals surface area (Å²) in [5.41, 5.74) is 1.70. The molecule has 0 atom stereocenters. The van der Waals surface area contributed by atoms with Gasteiger partial charge < -0.3 is 4.52 Å². The van der Waals surface area contributed by atoms with Crippen LogP contribution in [0.3, 0.4) is 0 Å². The molecular weight excluding hydrogens is 202 g/mol. The van der Waals surface area contributed by atoms with Gasteiger partial charge in [0.1, 0.15) is 0 Å². The van der Waals surface area contributed by atoms with E-state index in [4.69, 9.17) is 4.52 Å². The predicted octanol–water partition coefficient (Wildman–Crippen LogP) is 2.22. The average molecular weight is 211 g/mol. The van der Waals surface area contributed by atoms with Crippen molar-refractivity contribution in [1.29, 1.82) is 0 Å². The normalized spacial score (nSPS) is 17.4. The monoisotopic (exact) mass is 211 g/mol. The van der Waals surface area contributed by atoms with Crippen molar-refractivity contribution in [1.82, 2.24) is 10.1 Å². The van der Waals surface area contributed by atoms with Crippen LogP contribution in [0, 0.1) is 0 Å². The third-order valence-electron chi connectivity index (χ3n) is 2.37. The second kappa shape index (κ2) is 3.73. The summed E-state index contributed by atoms with van der Waals surface area (Å²) in [6.07, 6.45) is 6.16. The van der Waals surface area contributed by atoms with Gasteiger partial charge in [-0.3, -0.25) is 0 Å². The van der Waals surface area contributed by atoms with E-state index in [1.54, 1.807) is 6.20 Å². The second-order valence-electron chi connectivity index (χ2n) is 3.46. The van der Waals surface area contributed by atoms with E-state index < -0.39 is 0 Å². The maximum absolute atomic E-state index is 5.18. The molecule has 0 spiro atoms. The van der Waals surface area contributed by atoms with Gasteiger partial charge in [-0.25, -0.2) is 4.99 Å². The molecule has 1 aliphatic heterocycles. The average Bonchev–Trinajstić information content (AvgIpc) is 2.74. The highest BCUT2D eigenvalue weighted by molar-refractivity contribution is 6.06. The Labute approximate surface area is 92.0 Å². The summed E-state index contributed by atoms with van der Waals surface area (Å²) in [7, 11) is 0. The summed E-state index contributed by atoms with van der Waals surface area (Å²) in [6.45, 7) is 0. The van der Waals surface area contributed by atoms with Gasteiger partial charge in [-0.05, 0) is 12.1 Å². The zero-order valence-corrected chi connectivity index (χ0v) is 8.50. The van der Waals surface area contributed by atoms with Gasteiger partial charge in [0, 0.05) is 11.1 Å². The fourth-order valence-electron chi connectivity index (χ4n) is 1.58. The first kappa shape index (κ1) is 9.03. The predicted molar refractivity (Wildman–Crippen MR) is 63.1 cm³/mol. The number of benzene rings is 1. The lowest BCUT2D eigenvalue weighted by molar-refractivity contribution is 0.459. The van der Waals surface area contributed by atoms with Gasteiger partial charge in [0.15, 0.2) is 5.58 Å². The lowest BCUT2D eigenvalue weighted by Gasteiger charge is -1.92. The topological polar surface area (TPSA) is 52.5 Å². The molecular formula is C12H9N3O+. The number of hydrogen-bond donors (Lipinski definition) is 0. The fourth-order valence-corrected chi connectivity index (χ4v) is 1.58. The maximum Gasteiger partial charge on any atom is 0.243 e. The minimum Gasteiger partial charge on any atom is -0.354 e. The van der Waals surface area contributed by atoms with Crippen LogP contribution < -0.4 is 4.99 Å². The Kier molecular flexibility index (Phi) is 2.11. The Morgan fingerprint density at radius 1 is 1.31 bits per heavy atom. The second-order valence-corrected chi connectivity index (χ2v) is 3.46. The van der Waals surface area contributed by atoms with Crippen molar-refractivity contribution < 1.29 is 4.52 Å². The fraction of sp³-hybridized carbons (Fsp3) is 0.0833. The van der Waals surface area contributed by atoms with Gasteiger partial charge in [-0.15, -0.1) is 0 Å². The number of aliphatic imine (C=N–C) groups is 2. The van der Waals surface area contributed by atoms with Gasteiger partial charge in [0.25, 0.3) is 0 Å². The Morgan fingerprint density at radius 2 is 2.25 bits per heavy atom. The minimum absolute atomic E-state index is 0.630. The van der Waals surface area contributed by atoms with Crippen LogP contribution in [0.2, 0.25) is 0 Å². The molecule has 1 aromatic heterocycles. The number of allylic oxidation sites excluding steroid dienone is 1. The van der Waals surface area contributed by atoms with Crippen LogP contribution in [0.4, 0.5) is 5.82 Å². The Bertz CT molecular complexity index is 608. The Balaban J connectivity index is 2.07. The van der Waals surface area contributed by atoms with Crippen LogP contribution in [0.15, 0.2) is 46.1 Å². The van der Waals surface area contributed by atoms with E-state index in [9.17, 15) is 0 Å². The molecule has 77 valence electrons. The molecule has 4 nitrogen and oxygen atoms in total. The number of nitrogens with zero attached hydrogens (tertiary/aromatic N) is 3. The zero-order chi connectivity index (χ0) is 10.8. The maximum atomic E-state index is 5.18. The van der Waals surface area contributed by atoms with Crippen LogP contribution in [0.5, 0.6) is 0 Å². The number of rotatable bonds is 1. The van der Waals surface area contributed by atoms with Gasteiger partial charge in [0.05, 0.1) is 17.5 Å². The largest absolute Gasteiger partial charge is 0.354 e. The van der Waals surface area contributed by atoms with E-state index in [2.05, 4.69) is 15.1 Å². The SMILES string of the molecule is C1=CC(=Nc2noc3ccccc23)CC=[N+]1. The van der Waals surface area contributed by atoms with E-state index in [0.29, 0.717) is 5.82 Å². The van der Waals surface area contributed by atoms with Crippen molar-refractivity contribution >= 4 is 28.7 Å². The van der Waals surface area contributed by atoms with Crippen LogP contribution in [0.1, 0.15) is 6.42 Å². The summed E-state index contributed by atoms with van der Waals surface area (Å²) < 4.78 is 5.18. The third-order valence-corrected chi connectivity index (χ3v) is 2.37. The summed E-state index contributed by atoms with van der Waals surface area (Å²) in [5.74, 6) is 0.630. The van der Waals surface area contributed by atoms with Gasteiger partial charge in [-0.1, -0.05) is 17.3 Å². The molecule has 0 N–H and O–H groups in total. The first-order valence-corrected chi connectivity index (χ1v) is 5.04. The quantitative estimate of drug-likeness (QED) is 0.726. The van der Waals surface area contributed by atoms with Crippen molar-refractivity contribution in [3.63, 3.8) is 0 Å². The molecule has 1 aromatic carbocycles. The van der Waals surface area contributed by atoms with Crippen molar-refractivity contribution in [2.24, 2.45) is 4.99 Å². The van der Waals surface area contributed by atoms with Gasteiger partial charge in [-0.2, -0.15) is 0 Å². The molecule has 16 heavy (non-hydrogen) atoms. The molecule has 0 saturated heterocycles. The molecule has 0 aliphatic carbocycles. The van der Waals surface area contributed by atoms with Crippen LogP contribution >= 0.6 is 0 Å². The lowest BCUT2D eigenvalue weighted by atomic mass is 10.2. The van der Waals surface area contributed by atoms with Gasteiger partial charge >= 0.3 is 0 Å². The molecule has 0 bridgehead atoms. The summed E-state index contributed by atoms with van der Waals surface area (Å²) in [4.78, 5) is 8.43. The van der Waals surface area contributed by atoms with Gasteiger partial charge in [0.2, 0.25) is 18.2 Å². The van der Waals surface area contributed by atoms with E-state index >= 15 is 0 Å². The Morgan fingerprint density at radius 3 is 3.12 bits per heavy atom. The van der Waals surface area contributed by atoms with E-state index in [-0.39, 0.29) is 0 Å². The smallest absolute Gasteiger partial charge is 0.243 e. The zero-order valence-electron chi connectivity index (χ0n) is 8.50. The molecule has 1 radical (unpaired) electrons. The van der Waals surface area contributed by atoms with Crippen molar-refractivity contribution in [3.05, 3.63) is 36.5 Å². The van der Waals surface area contributed by atoms with Crippen LogP contribution in [-0.4, -0.2) is 17.1 Å². The third kappa shape index (κ3) is 1.54. The first-order chi connectivity index (χ1) is 7.93. The standard InChI is InChI=1S/C12H9N3O/c1-2-4-11-10(3-1)12(15-16-11)14-9-5-7-13-8-6-9/h1-5,7-8H,6H2/q+1. The number of para-hydroxylation sites is 1. The van der Waals surface area contributed by atoms with Crippen LogP contribution in [-0.2, 0) is 0 Å². The van der Waals surface area contributed by atoms with E-state index in [0.717, 1.165) is 23.1 Å².